The summed E-state index contributed by atoms with van der Waals surface area (Å²) in [4.78, 5) is 12.5. The van der Waals surface area contributed by atoms with Crippen molar-refractivity contribution < 1.29 is 9.52 Å². The standard InChI is InChI=1S/C21H22O3/c1-2-18(16-11-7-4-8-12-16)20-19(22)14-17(24-21(20)23)13-15-9-5-3-6-10-15/h4-5,7-12,14,18,22H,2-3,6,13H2,1H3. The van der Waals surface area contributed by atoms with E-state index >= 15 is 0 Å². The fraction of sp³-hybridized carbons (Fsp3) is 0.286. The van der Waals surface area contributed by atoms with Crippen LogP contribution in [0.2, 0.25) is 0 Å². The van der Waals surface area contributed by atoms with Crippen LogP contribution in [0.3, 0.4) is 0 Å². The highest BCUT2D eigenvalue weighted by Gasteiger charge is 2.22. The predicted molar refractivity (Wildman–Crippen MR) is 95.4 cm³/mol. The van der Waals surface area contributed by atoms with E-state index in [2.05, 4.69) is 12.2 Å². The van der Waals surface area contributed by atoms with Gasteiger partial charge in [0.05, 0.1) is 5.56 Å². The highest BCUT2D eigenvalue weighted by molar-refractivity contribution is 5.40. The third-order valence-corrected chi connectivity index (χ3v) is 4.43. The van der Waals surface area contributed by atoms with Gasteiger partial charge in [0.2, 0.25) is 0 Å². The molecule has 1 aliphatic rings. The van der Waals surface area contributed by atoms with Crippen molar-refractivity contribution in [3.63, 3.8) is 0 Å². The molecule has 2 aromatic rings. The van der Waals surface area contributed by atoms with E-state index in [1.54, 1.807) is 6.07 Å². The lowest BCUT2D eigenvalue weighted by molar-refractivity contribution is 0.411. The fourth-order valence-corrected chi connectivity index (χ4v) is 3.24. The van der Waals surface area contributed by atoms with Gasteiger partial charge in [-0.05, 0) is 30.4 Å². The molecule has 0 spiro atoms. The Morgan fingerprint density at radius 1 is 1.21 bits per heavy atom. The van der Waals surface area contributed by atoms with Crippen LogP contribution in [0.25, 0.3) is 0 Å². The molecule has 0 amide bonds. The molecule has 1 N–H and O–H groups in total. The molecule has 0 aliphatic heterocycles. The molecule has 124 valence electrons. The summed E-state index contributed by atoms with van der Waals surface area (Å²) in [5, 5.41) is 10.5. The van der Waals surface area contributed by atoms with E-state index in [9.17, 15) is 9.90 Å². The summed E-state index contributed by atoms with van der Waals surface area (Å²) in [5.41, 5.74) is 2.03. The summed E-state index contributed by atoms with van der Waals surface area (Å²) in [5.74, 6) is 0.365. The van der Waals surface area contributed by atoms with Gasteiger partial charge >= 0.3 is 5.63 Å². The average Bonchev–Trinajstić information content (AvgIpc) is 2.60. The molecule has 0 fully saturated rings. The lowest BCUT2D eigenvalue weighted by atomic mass is 9.89. The van der Waals surface area contributed by atoms with Crippen LogP contribution in [0.5, 0.6) is 5.75 Å². The molecule has 0 saturated carbocycles. The van der Waals surface area contributed by atoms with E-state index in [1.807, 2.05) is 43.3 Å². The monoisotopic (exact) mass is 322 g/mol. The van der Waals surface area contributed by atoms with Crippen LogP contribution in [-0.2, 0) is 6.42 Å². The maximum Gasteiger partial charge on any atom is 0.343 e. The highest BCUT2D eigenvalue weighted by Crippen LogP contribution is 2.32. The zero-order chi connectivity index (χ0) is 16.9. The van der Waals surface area contributed by atoms with Crippen LogP contribution in [0.15, 0.2) is 69.4 Å². The van der Waals surface area contributed by atoms with E-state index < -0.39 is 5.63 Å². The predicted octanol–water partition coefficient (Wildman–Crippen LogP) is 4.71. The molecule has 3 rings (SSSR count). The van der Waals surface area contributed by atoms with Gasteiger partial charge in [0.15, 0.2) is 0 Å². The largest absolute Gasteiger partial charge is 0.507 e. The molecule has 3 nitrogen and oxygen atoms in total. The average molecular weight is 322 g/mol. The van der Waals surface area contributed by atoms with E-state index in [4.69, 9.17) is 4.42 Å². The number of hydrogen-bond donors (Lipinski definition) is 1. The molecule has 1 unspecified atom stereocenters. The Balaban J connectivity index is 1.93. The van der Waals surface area contributed by atoms with Crippen molar-refractivity contribution in [3.05, 3.63) is 87.5 Å². The zero-order valence-corrected chi connectivity index (χ0v) is 13.9. The number of aromatic hydroxyl groups is 1. The van der Waals surface area contributed by atoms with E-state index in [1.165, 1.54) is 0 Å². The van der Waals surface area contributed by atoms with Gasteiger partial charge in [-0.3, -0.25) is 0 Å². The molecule has 0 saturated heterocycles. The minimum absolute atomic E-state index is 0.0253. The zero-order valence-electron chi connectivity index (χ0n) is 13.9. The maximum absolute atomic E-state index is 12.5. The van der Waals surface area contributed by atoms with Gasteiger partial charge < -0.3 is 9.52 Å². The molecule has 1 aromatic heterocycles. The summed E-state index contributed by atoms with van der Waals surface area (Å²) in [6, 6.07) is 11.3. The van der Waals surface area contributed by atoms with Gasteiger partial charge in [-0.2, -0.15) is 0 Å². The van der Waals surface area contributed by atoms with Crippen molar-refractivity contribution in [2.24, 2.45) is 0 Å². The van der Waals surface area contributed by atoms with Crippen molar-refractivity contribution in [1.29, 1.82) is 0 Å². The van der Waals surface area contributed by atoms with Gasteiger partial charge in [0, 0.05) is 18.4 Å². The summed E-state index contributed by atoms with van der Waals surface area (Å²) in [6.07, 6.45) is 9.61. The van der Waals surface area contributed by atoms with E-state index in [0.717, 1.165) is 30.4 Å². The number of benzene rings is 1. The molecular formula is C21H22O3. The SMILES string of the molecule is CCC(c1ccccc1)c1c(O)cc(CC2=CCCC=C2)oc1=O. The first-order valence-electron chi connectivity index (χ1n) is 8.45. The highest BCUT2D eigenvalue weighted by atomic mass is 16.4. The van der Waals surface area contributed by atoms with Crippen molar-refractivity contribution in [3.8, 4) is 5.75 Å². The first-order valence-corrected chi connectivity index (χ1v) is 8.45. The third-order valence-electron chi connectivity index (χ3n) is 4.43. The van der Waals surface area contributed by atoms with Crippen LogP contribution in [0.1, 0.15) is 49.0 Å². The van der Waals surface area contributed by atoms with E-state index in [-0.39, 0.29) is 11.7 Å². The molecule has 0 bridgehead atoms. The number of rotatable bonds is 5. The first kappa shape index (κ1) is 16.3. The quantitative estimate of drug-likeness (QED) is 0.867. The molecule has 3 heteroatoms. The Kier molecular flexibility index (Phi) is 4.99. The van der Waals surface area contributed by atoms with Crippen LogP contribution >= 0.6 is 0 Å². The van der Waals surface area contributed by atoms with Gasteiger partial charge in [-0.15, -0.1) is 0 Å². The molecule has 0 radical (unpaired) electrons. The lowest BCUT2D eigenvalue weighted by Gasteiger charge is -2.16. The van der Waals surface area contributed by atoms with Crippen molar-refractivity contribution >= 4 is 0 Å². The van der Waals surface area contributed by atoms with E-state index in [0.29, 0.717) is 17.7 Å². The second-order valence-electron chi connectivity index (χ2n) is 6.11. The second-order valence-corrected chi connectivity index (χ2v) is 6.11. The Morgan fingerprint density at radius 2 is 2.00 bits per heavy atom. The second kappa shape index (κ2) is 7.35. The minimum atomic E-state index is -0.443. The van der Waals surface area contributed by atoms with Gasteiger partial charge in [0.25, 0.3) is 0 Å². The molecule has 24 heavy (non-hydrogen) atoms. The van der Waals surface area contributed by atoms with Crippen LogP contribution in [-0.4, -0.2) is 5.11 Å². The Bertz CT molecular complexity index is 813. The summed E-state index contributed by atoms with van der Waals surface area (Å²) in [6.45, 7) is 2.00. The lowest BCUT2D eigenvalue weighted by Crippen LogP contribution is -2.14. The Hall–Kier alpha value is -2.55. The molecular weight excluding hydrogens is 300 g/mol. The third kappa shape index (κ3) is 3.51. The summed E-state index contributed by atoms with van der Waals surface area (Å²) in [7, 11) is 0. The first-order chi connectivity index (χ1) is 11.7. The van der Waals surface area contributed by atoms with Crippen LogP contribution in [0, 0.1) is 0 Å². The topological polar surface area (TPSA) is 50.4 Å². The molecule has 1 heterocycles. The minimum Gasteiger partial charge on any atom is -0.507 e. The Morgan fingerprint density at radius 3 is 2.62 bits per heavy atom. The number of allylic oxidation sites excluding steroid dienone is 4. The maximum atomic E-state index is 12.5. The van der Waals surface area contributed by atoms with Crippen molar-refractivity contribution in [1.82, 2.24) is 0 Å². The van der Waals surface area contributed by atoms with Crippen molar-refractivity contribution in [2.75, 3.05) is 0 Å². The Labute approximate surface area is 142 Å². The fourth-order valence-electron chi connectivity index (χ4n) is 3.24. The molecule has 1 aromatic carbocycles. The van der Waals surface area contributed by atoms with Gasteiger partial charge in [-0.1, -0.05) is 55.5 Å². The van der Waals surface area contributed by atoms with Crippen LogP contribution in [0.4, 0.5) is 0 Å². The van der Waals surface area contributed by atoms with Crippen molar-refractivity contribution in [2.45, 2.75) is 38.5 Å². The van der Waals surface area contributed by atoms with Gasteiger partial charge in [-0.25, -0.2) is 4.79 Å². The smallest absolute Gasteiger partial charge is 0.343 e. The summed E-state index contributed by atoms with van der Waals surface area (Å²) >= 11 is 0. The normalized spacial score (nSPS) is 15.1. The molecule has 1 atom stereocenters. The number of hydrogen-bond acceptors (Lipinski definition) is 3. The van der Waals surface area contributed by atoms with Gasteiger partial charge in [0.1, 0.15) is 11.5 Å². The molecule has 1 aliphatic carbocycles. The van der Waals surface area contributed by atoms with Crippen LogP contribution < -0.4 is 5.63 Å². The summed E-state index contributed by atoms with van der Waals surface area (Å²) < 4.78 is 5.51.